The third kappa shape index (κ3) is 4.62. The second-order valence-electron chi connectivity index (χ2n) is 6.87. The quantitative estimate of drug-likeness (QED) is 0.704. The van der Waals surface area contributed by atoms with Crippen molar-refractivity contribution >= 4 is 21.8 Å². The Hall–Kier alpha value is -2.79. The highest BCUT2D eigenvalue weighted by Gasteiger charge is 2.33. The largest absolute Gasteiger partial charge is 0.337 e. The van der Waals surface area contributed by atoms with E-state index in [2.05, 4.69) is 15.8 Å². The van der Waals surface area contributed by atoms with Gasteiger partial charge < -0.3 is 4.57 Å². The summed E-state index contributed by atoms with van der Waals surface area (Å²) in [7, 11) is -1.99. The number of nitrogens with one attached hydrogen (secondary N) is 2. The number of amides is 2. The van der Waals surface area contributed by atoms with Gasteiger partial charge in [-0.25, -0.2) is 17.8 Å². The van der Waals surface area contributed by atoms with E-state index in [4.69, 9.17) is 0 Å². The number of aryl methyl sites for hydroxylation is 2. The monoisotopic (exact) mass is 423 g/mol. The molecule has 2 aromatic rings. The van der Waals surface area contributed by atoms with Crippen molar-refractivity contribution in [3.63, 3.8) is 0 Å². The summed E-state index contributed by atoms with van der Waals surface area (Å²) in [6.45, 7) is 2.08. The summed E-state index contributed by atoms with van der Waals surface area (Å²) in [5, 5.41) is -0.00744. The van der Waals surface area contributed by atoms with Gasteiger partial charge in [0, 0.05) is 37.8 Å². The summed E-state index contributed by atoms with van der Waals surface area (Å²) < 4.78 is 41.2. The summed E-state index contributed by atoms with van der Waals surface area (Å²) in [5.41, 5.74) is 4.84. The molecular weight excluding hydrogens is 401 g/mol. The molecule has 0 bridgehead atoms. The van der Waals surface area contributed by atoms with E-state index in [9.17, 15) is 22.4 Å². The van der Waals surface area contributed by atoms with Crippen LogP contribution in [0.3, 0.4) is 0 Å². The molecule has 0 radical (unpaired) electrons. The van der Waals surface area contributed by atoms with Crippen LogP contribution in [0, 0.1) is 18.7 Å². The predicted octanol–water partition coefficient (Wildman–Crippen LogP) is 0.730. The van der Waals surface area contributed by atoms with Crippen molar-refractivity contribution in [1.29, 1.82) is 0 Å². The smallest absolute Gasteiger partial charge is 0.269 e. The standard InChI is InChI=1S/C18H22FN5O4S/c1-12-20-16(11-23(12)2)29(27,28)24-9-7-14(8-10-24)18(26)22-21-17(25)13-3-5-15(19)6-4-13/h3-6,11,14H,7-10H2,1-2H3,(H,21,25)(H,22,26). The van der Waals surface area contributed by atoms with E-state index in [0.717, 1.165) is 12.1 Å². The number of aromatic nitrogens is 2. The zero-order valence-corrected chi connectivity index (χ0v) is 16.9. The third-order valence-corrected chi connectivity index (χ3v) is 6.69. The Balaban J connectivity index is 1.52. The summed E-state index contributed by atoms with van der Waals surface area (Å²) in [5.74, 6) is -1.27. The van der Waals surface area contributed by atoms with Gasteiger partial charge in [0.05, 0.1) is 0 Å². The molecule has 3 rings (SSSR count). The average Bonchev–Trinajstić information content (AvgIpc) is 3.06. The predicted molar refractivity (Wildman–Crippen MR) is 101 cm³/mol. The summed E-state index contributed by atoms with van der Waals surface area (Å²) in [6, 6.07) is 4.91. The molecule has 9 nitrogen and oxygen atoms in total. The number of nitrogens with zero attached hydrogens (tertiary/aromatic N) is 3. The zero-order chi connectivity index (χ0) is 21.2. The van der Waals surface area contributed by atoms with Crippen LogP contribution in [-0.4, -0.2) is 47.2 Å². The Morgan fingerprint density at radius 3 is 2.31 bits per heavy atom. The molecule has 0 unspecified atom stereocenters. The molecule has 2 N–H and O–H groups in total. The van der Waals surface area contributed by atoms with Gasteiger partial charge in [0.1, 0.15) is 11.6 Å². The second kappa shape index (κ2) is 8.29. The molecule has 11 heteroatoms. The van der Waals surface area contributed by atoms with E-state index in [1.165, 1.54) is 22.6 Å². The maximum absolute atomic E-state index is 12.9. The Kier molecular flexibility index (Phi) is 5.99. The van der Waals surface area contributed by atoms with Crippen LogP contribution in [0.15, 0.2) is 35.5 Å². The SMILES string of the molecule is Cc1nc(S(=O)(=O)N2CCC(C(=O)NNC(=O)c3ccc(F)cc3)CC2)cn1C. The number of piperidine rings is 1. The molecule has 0 spiro atoms. The van der Waals surface area contributed by atoms with Crippen LogP contribution in [0.25, 0.3) is 0 Å². The first kappa shape index (κ1) is 20.9. The molecule has 156 valence electrons. The molecule has 2 heterocycles. The van der Waals surface area contributed by atoms with Gasteiger partial charge in [0.25, 0.3) is 15.9 Å². The van der Waals surface area contributed by atoms with E-state index in [0.29, 0.717) is 18.7 Å². The second-order valence-corrected chi connectivity index (χ2v) is 8.75. The first-order valence-corrected chi connectivity index (χ1v) is 10.5. The lowest BCUT2D eigenvalue weighted by molar-refractivity contribution is -0.126. The number of carbonyl (C=O) groups excluding carboxylic acids is 2. The number of benzene rings is 1. The number of hydrogen-bond donors (Lipinski definition) is 2. The highest BCUT2D eigenvalue weighted by molar-refractivity contribution is 7.89. The molecule has 1 aromatic heterocycles. The lowest BCUT2D eigenvalue weighted by Gasteiger charge is -2.29. The minimum atomic E-state index is -3.71. The fourth-order valence-corrected chi connectivity index (χ4v) is 4.53. The molecule has 0 saturated carbocycles. The maximum atomic E-state index is 12.9. The topological polar surface area (TPSA) is 113 Å². The van der Waals surface area contributed by atoms with Gasteiger partial charge in [-0.2, -0.15) is 4.31 Å². The van der Waals surface area contributed by atoms with Crippen LogP contribution >= 0.6 is 0 Å². The molecule has 1 aliphatic rings. The number of imidazole rings is 1. The van der Waals surface area contributed by atoms with Crippen molar-refractivity contribution in [2.45, 2.75) is 24.8 Å². The normalized spacial score (nSPS) is 15.8. The van der Waals surface area contributed by atoms with Gasteiger partial charge in [-0.1, -0.05) is 0 Å². The van der Waals surface area contributed by atoms with Crippen molar-refractivity contribution < 1.29 is 22.4 Å². The molecule has 1 fully saturated rings. The molecule has 29 heavy (non-hydrogen) atoms. The number of halogens is 1. The van der Waals surface area contributed by atoms with E-state index in [1.54, 1.807) is 18.5 Å². The maximum Gasteiger partial charge on any atom is 0.269 e. The number of hydrazine groups is 1. The van der Waals surface area contributed by atoms with Gasteiger partial charge >= 0.3 is 0 Å². The summed E-state index contributed by atoms with van der Waals surface area (Å²) >= 11 is 0. The first-order valence-electron chi connectivity index (χ1n) is 9.04. The van der Waals surface area contributed by atoms with Gasteiger partial charge in [0.2, 0.25) is 5.91 Å². The molecule has 1 aromatic carbocycles. The van der Waals surface area contributed by atoms with Gasteiger partial charge in [-0.15, -0.1) is 0 Å². The minimum absolute atomic E-state index is 0.00744. The highest BCUT2D eigenvalue weighted by Crippen LogP contribution is 2.23. The Labute approximate surface area is 167 Å². The summed E-state index contributed by atoms with van der Waals surface area (Å²) in [6.07, 6.45) is 2.11. The number of sulfonamides is 1. The molecule has 0 atom stereocenters. The van der Waals surface area contributed by atoms with Crippen molar-refractivity contribution in [2.24, 2.45) is 13.0 Å². The van der Waals surface area contributed by atoms with Gasteiger partial charge in [-0.05, 0) is 44.0 Å². The van der Waals surface area contributed by atoms with Crippen LogP contribution in [0.1, 0.15) is 29.0 Å². The van der Waals surface area contributed by atoms with Crippen molar-refractivity contribution in [3.8, 4) is 0 Å². The van der Waals surface area contributed by atoms with Crippen molar-refractivity contribution in [3.05, 3.63) is 47.7 Å². The Morgan fingerprint density at radius 2 is 1.76 bits per heavy atom. The number of rotatable bonds is 4. The van der Waals surface area contributed by atoms with Crippen LogP contribution in [0.2, 0.25) is 0 Å². The third-order valence-electron chi connectivity index (χ3n) is 4.92. The van der Waals surface area contributed by atoms with Gasteiger partial charge in [-0.3, -0.25) is 20.4 Å². The van der Waals surface area contributed by atoms with Crippen LogP contribution in [0.5, 0.6) is 0 Å². The highest BCUT2D eigenvalue weighted by atomic mass is 32.2. The fraction of sp³-hybridized carbons (Fsp3) is 0.389. The van der Waals surface area contributed by atoms with E-state index >= 15 is 0 Å². The van der Waals surface area contributed by atoms with Crippen molar-refractivity contribution in [1.82, 2.24) is 24.7 Å². The first-order chi connectivity index (χ1) is 13.7. The minimum Gasteiger partial charge on any atom is -0.337 e. The van der Waals surface area contributed by atoms with Crippen LogP contribution in [-0.2, 0) is 21.9 Å². The van der Waals surface area contributed by atoms with E-state index in [1.807, 2.05) is 0 Å². The molecular formula is C18H22FN5O4S. The van der Waals surface area contributed by atoms with Crippen LogP contribution in [0.4, 0.5) is 4.39 Å². The number of hydrogen-bond acceptors (Lipinski definition) is 5. The van der Waals surface area contributed by atoms with Gasteiger partial charge in [0.15, 0.2) is 5.03 Å². The molecule has 2 amide bonds. The molecule has 0 aliphatic carbocycles. The summed E-state index contributed by atoms with van der Waals surface area (Å²) in [4.78, 5) is 28.3. The Bertz CT molecular complexity index is 992. The Morgan fingerprint density at radius 1 is 1.14 bits per heavy atom. The van der Waals surface area contributed by atoms with E-state index < -0.39 is 33.6 Å². The van der Waals surface area contributed by atoms with E-state index in [-0.39, 0.29) is 23.7 Å². The molecule has 1 saturated heterocycles. The van der Waals surface area contributed by atoms with Crippen LogP contribution < -0.4 is 10.9 Å². The zero-order valence-electron chi connectivity index (χ0n) is 16.1. The number of carbonyl (C=O) groups is 2. The lowest BCUT2D eigenvalue weighted by atomic mass is 9.98. The average molecular weight is 423 g/mol. The van der Waals surface area contributed by atoms with Crippen molar-refractivity contribution in [2.75, 3.05) is 13.1 Å². The fourth-order valence-electron chi connectivity index (χ4n) is 3.04. The lowest BCUT2D eigenvalue weighted by Crippen LogP contribution is -2.48. The molecule has 1 aliphatic heterocycles.